The number of amides is 3. The van der Waals surface area contributed by atoms with Crippen molar-refractivity contribution in [1.82, 2.24) is 0 Å². The summed E-state index contributed by atoms with van der Waals surface area (Å²) in [7, 11) is 0. The number of anilines is 2. The van der Waals surface area contributed by atoms with Gasteiger partial charge in [0.25, 0.3) is 5.91 Å². The largest absolute Gasteiger partial charge is 0.457 e. The Balaban J connectivity index is 1.03. The minimum Gasteiger partial charge on any atom is -0.457 e. The molecule has 1 N–H and O–H groups in total. The number of hydrogen-bond acceptors (Lipinski definition) is 4. The van der Waals surface area contributed by atoms with Crippen LogP contribution in [0.15, 0.2) is 91.0 Å². The molecule has 8 rings (SSSR count). The second kappa shape index (κ2) is 7.92. The molecule has 6 heteroatoms. The molecule has 2 bridgehead atoms. The Hall–Kier alpha value is -4.19. The van der Waals surface area contributed by atoms with Gasteiger partial charge in [-0.15, -0.1) is 0 Å². The van der Waals surface area contributed by atoms with Gasteiger partial charge in [-0.2, -0.15) is 0 Å². The van der Waals surface area contributed by atoms with Gasteiger partial charge in [0.2, 0.25) is 11.8 Å². The second-order valence-corrected chi connectivity index (χ2v) is 10.1. The Bertz CT molecular complexity index is 1360. The Morgan fingerprint density at radius 1 is 0.750 bits per heavy atom. The summed E-state index contributed by atoms with van der Waals surface area (Å²) in [6.45, 7) is 0. The minimum absolute atomic E-state index is 0.0929. The van der Waals surface area contributed by atoms with E-state index in [0.29, 0.717) is 34.5 Å². The fraction of sp³-hybridized carbons (Fsp3) is 0.233. The molecular formula is C30H24N2O4. The smallest absolute Gasteiger partial charge is 0.255 e. The van der Waals surface area contributed by atoms with E-state index in [1.54, 1.807) is 48.5 Å². The molecule has 0 aromatic heterocycles. The van der Waals surface area contributed by atoms with E-state index < -0.39 is 0 Å². The Labute approximate surface area is 208 Å². The zero-order chi connectivity index (χ0) is 24.4. The van der Waals surface area contributed by atoms with E-state index in [0.717, 1.165) is 12.2 Å². The maximum Gasteiger partial charge on any atom is 0.255 e. The van der Waals surface area contributed by atoms with Crippen molar-refractivity contribution >= 4 is 29.1 Å². The predicted molar refractivity (Wildman–Crippen MR) is 135 cm³/mol. The predicted octanol–water partition coefficient (Wildman–Crippen LogP) is 5.29. The van der Waals surface area contributed by atoms with Gasteiger partial charge < -0.3 is 10.1 Å². The zero-order valence-electron chi connectivity index (χ0n) is 19.4. The van der Waals surface area contributed by atoms with Gasteiger partial charge in [-0.1, -0.05) is 30.4 Å². The molecule has 5 aliphatic rings. The third-order valence-corrected chi connectivity index (χ3v) is 8.14. The zero-order valence-corrected chi connectivity index (χ0v) is 19.4. The monoisotopic (exact) mass is 476 g/mol. The van der Waals surface area contributed by atoms with Crippen molar-refractivity contribution < 1.29 is 19.1 Å². The van der Waals surface area contributed by atoms with Crippen molar-refractivity contribution in [1.29, 1.82) is 0 Å². The number of benzene rings is 3. The van der Waals surface area contributed by atoms with Crippen LogP contribution in [0, 0.1) is 35.5 Å². The molecule has 0 unspecified atom stereocenters. The third-order valence-electron chi connectivity index (χ3n) is 8.14. The maximum absolute atomic E-state index is 13.3. The lowest BCUT2D eigenvalue weighted by Crippen LogP contribution is -2.40. The highest BCUT2D eigenvalue weighted by Crippen LogP contribution is 2.65. The summed E-state index contributed by atoms with van der Waals surface area (Å²) in [5, 5.41) is 2.88. The lowest BCUT2D eigenvalue weighted by atomic mass is 9.63. The molecule has 0 spiro atoms. The summed E-state index contributed by atoms with van der Waals surface area (Å²) >= 11 is 0. The van der Waals surface area contributed by atoms with Crippen molar-refractivity contribution in [3.8, 4) is 11.5 Å². The van der Waals surface area contributed by atoms with Gasteiger partial charge in [0.15, 0.2) is 0 Å². The summed E-state index contributed by atoms with van der Waals surface area (Å²) in [6, 6.07) is 23.3. The van der Waals surface area contributed by atoms with Gasteiger partial charge in [0.1, 0.15) is 11.5 Å². The van der Waals surface area contributed by atoms with Crippen LogP contribution in [0.1, 0.15) is 16.8 Å². The molecule has 3 amide bonds. The number of nitrogens with zero attached hydrogens (tertiary/aromatic N) is 1. The fourth-order valence-corrected chi connectivity index (χ4v) is 6.41. The highest BCUT2D eigenvalue weighted by Gasteiger charge is 2.67. The number of hydrogen-bond donors (Lipinski definition) is 1. The molecule has 0 radical (unpaired) electrons. The van der Waals surface area contributed by atoms with Crippen molar-refractivity contribution in [2.45, 2.75) is 6.42 Å². The van der Waals surface area contributed by atoms with Gasteiger partial charge >= 0.3 is 0 Å². The first kappa shape index (κ1) is 21.1. The first-order chi connectivity index (χ1) is 17.6. The van der Waals surface area contributed by atoms with Crippen molar-refractivity contribution in [2.24, 2.45) is 35.5 Å². The number of carbonyl (C=O) groups excluding carboxylic acids is 3. The molecule has 4 aliphatic carbocycles. The van der Waals surface area contributed by atoms with Crippen LogP contribution in [-0.4, -0.2) is 17.7 Å². The number of para-hydroxylation sites is 1. The SMILES string of the molecule is O=C(Nc1ccc(Oc2ccccc2)cc1)c1ccc(N2C(=O)[C@@H]3[C@H]4C=C[C@@H]([C@@H]5C[C@H]45)[C@H]3C2=O)cc1. The summed E-state index contributed by atoms with van der Waals surface area (Å²) in [6.07, 6.45) is 5.48. The normalized spacial score (nSPS) is 29.1. The van der Waals surface area contributed by atoms with Crippen molar-refractivity contribution in [2.75, 3.05) is 10.2 Å². The molecule has 178 valence electrons. The molecule has 6 atom stereocenters. The minimum atomic E-state index is -0.270. The van der Waals surface area contributed by atoms with Crippen LogP contribution in [0.3, 0.4) is 0 Å². The molecule has 1 heterocycles. The van der Waals surface area contributed by atoms with Crippen LogP contribution in [0.25, 0.3) is 0 Å². The topological polar surface area (TPSA) is 75.7 Å². The van der Waals surface area contributed by atoms with E-state index >= 15 is 0 Å². The third kappa shape index (κ3) is 3.28. The van der Waals surface area contributed by atoms with Gasteiger partial charge in [0.05, 0.1) is 17.5 Å². The van der Waals surface area contributed by atoms with Crippen molar-refractivity contribution in [3.63, 3.8) is 0 Å². The quantitative estimate of drug-likeness (QED) is 0.401. The van der Waals surface area contributed by atoms with Gasteiger partial charge in [-0.3, -0.25) is 19.3 Å². The molecule has 1 aliphatic heterocycles. The first-order valence-corrected chi connectivity index (χ1v) is 12.4. The number of nitrogens with one attached hydrogen (secondary N) is 1. The van der Waals surface area contributed by atoms with E-state index in [1.165, 1.54) is 4.90 Å². The molecule has 3 aromatic carbocycles. The van der Waals surface area contributed by atoms with E-state index in [1.807, 2.05) is 30.3 Å². The number of carbonyl (C=O) groups is 3. The lowest BCUT2D eigenvalue weighted by Gasteiger charge is -2.37. The molecule has 36 heavy (non-hydrogen) atoms. The Morgan fingerprint density at radius 3 is 1.94 bits per heavy atom. The van der Waals surface area contributed by atoms with Gasteiger partial charge in [-0.25, -0.2) is 0 Å². The average Bonchev–Trinajstić information content (AvgIpc) is 3.69. The number of allylic oxidation sites excluding steroid dienone is 2. The number of rotatable bonds is 5. The van der Waals surface area contributed by atoms with E-state index in [2.05, 4.69) is 17.5 Å². The van der Waals surface area contributed by atoms with Crippen molar-refractivity contribution in [3.05, 3.63) is 96.6 Å². The summed E-state index contributed by atoms with van der Waals surface area (Å²) in [5.74, 6) is 2.03. The molecular weight excluding hydrogens is 452 g/mol. The Kier molecular flexibility index (Phi) is 4.64. The van der Waals surface area contributed by atoms with Gasteiger partial charge in [0, 0.05) is 11.3 Å². The van der Waals surface area contributed by atoms with Gasteiger partial charge in [-0.05, 0) is 90.8 Å². The molecule has 6 nitrogen and oxygen atoms in total. The summed E-state index contributed by atoms with van der Waals surface area (Å²) < 4.78 is 5.79. The number of imide groups is 1. The van der Waals surface area contributed by atoms with E-state index in [4.69, 9.17) is 4.74 Å². The Morgan fingerprint density at radius 2 is 1.33 bits per heavy atom. The van der Waals surface area contributed by atoms with Crippen LogP contribution in [-0.2, 0) is 9.59 Å². The lowest BCUT2D eigenvalue weighted by molar-refractivity contribution is -0.124. The summed E-state index contributed by atoms with van der Waals surface area (Å²) in [4.78, 5) is 40.7. The van der Waals surface area contributed by atoms with Crippen LogP contribution >= 0.6 is 0 Å². The highest BCUT2D eigenvalue weighted by molar-refractivity contribution is 6.22. The molecule has 1 saturated heterocycles. The first-order valence-electron chi connectivity index (χ1n) is 12.4. The van der Waals surface area contributed by atoms with Crippen LogP contribution in [0.4, 0.5) is 11.4 Å². The van der Waals surface area contributed by atoms with E-state index in [-0.39, 0.29) is 41.4 Å². The standard InChI is InChI=1S/C30H24N2O4/c33-28(31-18-8-12-21(13-9-18)36-20-4-2-1-3-5-20)17-6-10-19(11-7-17)32-29(34)26-22-14-15-23(25-16-24(22)25)27(26)30(32)35/h1-15,22-27H,16H2,(H,31,33)/t22-,23-,24-,25+,26+,27+/m0/s1. The average molecular weight is 477 g/mol. The molecule has 3 fully saturated rings. The van der Waals surface area contributed by atoms with Crippen LogP contribution in [0.2, 0.25) is 0 Å². The highest BCUT2D eigenvalue weighted by atomic mass is 16.5. The maximum atomic E-state index is 13.3. The molecule has 3 aromatic rings. The van der Waals surface area contributed by atoms with Crippen LogP contribution in [0.5, 0.6) is 11.5 Å². The summed E-state index contributed by atoms with van der Waals surface area (Å²) in [5.41, 5.74) is 1.62. The number of ether oxygens (including phenoxy) is 1. The molecule has 2 saturated carbocycles. The second-order valence-electron chi connectivity index (χ2n) is 10.1. The van der Waals surface area contributed by atoms with Crippen LogP contribution < -0.4 is 15.0 Å². The van der Waals surface area contributed by atoms with E-state index in [9.17, 15) is 14.4 Å². The fourth-order valence-electron chi connectivity index (χ4n) is 6.41.